The molecule has 4 heteroatoms. The quantitative estimate of drug-likeness (QED) is 0.849. The van der Waals surface area contributed by atoms with Gasteiger partial charge in [-0.05, 0) is 51.0 Å². The molecule has 1 fully saturated rings. The van der Waals surface area contributed by atoms with E-state index in [1.807, 2.05) is 19.9 Å². The molecule has 0 saturated heterocycles. The Morgan fingerprint density at radius 3 is 2.45 bits per heavy atom. The molecule has 0 spiro atoms. The van der Waals surface area contributed by atoms with Gasteiger partial charge in [0.05, 0.1) is 0 Å². The molecule has 0 unspecified atom stereocenters. The molecule has 20 heavy (non-hydrogen) atoms. The molecule has 0 bridgehead atoms. The summed E-state index contributed by atoms with van der Waals surface area (Å²) in [5.74, 6) is 2.56. The van der Waals surface area contributed by atoms with Gasteiger partial charge in [0.25, 0.3) is 0 Å². The van der Waals surface area contributed by atoms with Crippen molar-refractivity contribution >= 4 is 11.7 Å². The van der Waals surface area contributed by atoms with Crippen LogP contribution in [0.5, 0.6) is 0 Å². The zero-order valence-electron chi connectivity index (χ0n) is 13.3. The van der Waals surface area contributed by atoms with Crippen LogP contribution in [0.3, 0.4) is 0 Å². The molecule has 0 aromatic carbocycles. The molecule has 1 aromatic heterocycles. The number of rotatable bonds is 3. The summed E-state index contributed by atoms with van der Waals surface area (Å²) in [5.41, 5.74) is 6.29. The summed E-state index contributed by atoms with van der Waals surface area (Å²) in [6.07, 6.45) is 3.63. The molecule has 1 N–H and O–H groups in total. The van der Waals surface area contributed by atoms with Crippen molar-refractivity contribution in [2.75, 3.05) is 5.43 Å². The summed E-state index contributed by atoms with van der Waals surface area (Å²) in [5, 5.41) is 4.63. The molecule has 1 aromatic rings. The molecule has 110 valence electrons. The van der Waals surface area contributed by atoms with Crippen LogP contribution in [0.15, 0.2) is 11.2 Å². The molecule has 0 amide bonds. The van der Waals surface area contributed by atoms with Crippen LogP contribution in [0.25, 0.3) is 0 Å². The lowest BCUT2D eigenvalue weighted by Gasteiger charge is -2.30. The lowest BCUT2D eigenvalue weighted by Crippen LogP contribution is -2.28. The minimum Gasteiger partial charge on any atom is -0.245 e. The van der Waals surface area contributed by atoms with E-state index in [0.29, 0.717) is 17.8 Å². The van der Waals surface area contributed by atoms with Gasteiger partial charge in [0.2, 0.25) is 5.95 Å². The summed E-state index contributed by atoms with van der Waals surface area (Å²) in [6, 6.07) is 1.97. The van der Waals surface area contributed by atoms with E-state index in [0.717, 1.165) is 23.7 Å². The predicted molar refractivity (Wildman–Crippen MR) is 83.9 cm³/mol. The average molecular weight is 274 g/mol. The van der Waals surface area contributed by atoms with Gasteiger partial charge in [0.1, 0.15) is 0 Å². The zero-order chi connectivity index (χ0) is 14.7. The lowest BCUT2D eigenvalue weighted by atomic mass is 9.76. The Morgan fingerprint density at radius 2 is 1.85 bits per heavy atom. The Morgan fingerprint density at radius 1 is 1.20 bits per heavy atom. The predicted octanol–water partition coefficient (Wildman–Crippen LogP) is 3.95. The second-order valence-corrected chi connectivity index (χ2v) is 6.43. The van der Waals surface area contributed by atoms with E-state index in [9.17, 15) is 0 Å². The summed E-state index contributed by atoms with van der Waals surface area (Å²) in [7, 11) is 0. The van der Waals surface area contributed by atoms with E-state index in [1.165, 1.54) is 18.6 Å². The molecule has 1 saturated carbocycles. The van der Waals surface area contributed by atoms with Crippen LogP contribution in [0.4, 0.5) is 5.95 Å². The molecule has 1 heterocycles. The number of hydrogen-bond acceptors (Lipinski definition) is 4. The Bertz CT molecular complexity index is 473. The molecule has 0 radical (unpaired) electrons. The van der Waals surface area contributed by atoms with Crippen LogP contribution >= 0.6 is 0 Å². The monoisotopic (exact) mass is 274 g/mol. The van der Waals surface area contributed by atoms with Crippen LogP contribution < -0.4 is 5.43 Å². The first kappa shape index (κ1) is 14.9. The summed E-state index contributed by atoms with van der Waals surface area (Å²) in [4.78, 5) is 8.76. The number of hydrogen-bond donors (Lipinski definition) is 1. The van der Waals surface area contributed by atoms with Gasteiger partial charge in [-0.25, -0.2) is 15.4 Å². The van der Waals surface area contributed by atoms with Crippen LogP contribution in [-0.2, 0) is 0 Å². The van der Waals surface area contributed by atoms with Crippen molar-refractivity contribution in [3.05, 3.63) is 17.5 Å². The number of nitrogens with zero attached hydrogens (tertiary/aromatic N) is 3. The van der Waals surface area contributed by atoms with E-state index >= 15 is 0 Å². The molecule has 2 atom stereocenters. The van der Waals surface area contributed by atoms with E-state index in [-0.39, 0.29) is 0 Å². The first-order chi connectivity index (χ1) is 9.45. The fourth-order valence-corrected chi connectivity index (χ4v) is 2.99. The molecule has 4 nitrogen and oxygen atoms in total. The lowest BCUT2D eigenvalue weighted by molar-refractivity contribution is 0.364. The normalized spacial score (nSPS) is 25.2. The molecular formula is C16H26N4. The van der Waals surface area contributed by atoms with Crippen LogP contribution in [-0.4, -0.2) is 15.7 Å². The van der Waals surface area contributed by atoms with Gasteiger partial charge in [0, 0.05) is 23.0 Å². The summed E-state index contributed by atoms with van der Waals surface area (Å²) >= 11 is 0. The number of nitrogens with one attached hydrogen (secondary N) is 1. The van der Waals surface area contributed by atoms with Crippen LogP contribution in [0.1, 0.15) is 51.4 Å². The van der Waals surface area contributed by atoms with Crippen LogP contribution in [0, 0.1) is 31.6 Å². The van der Waals surface area contributed by atoms with Gasteiger partial charge in [-0.2, -0.15) is 5.10 Å². The van der Waals surface area contributed by atoms with E-state index in [2.05, 4.69) is 41.3 Å². The standard InChI is InChI=1S/C16H26N4/c1-10(2)14-7-6-11(3)8-15(14)19-20-16-17-12(4)9-13(5)18-16/h9-11,14H,6-8H2,1-5H3,(H,17,18,20)/b19-15-/t11-,14+/m0/s1. The number of aromatic nitrogens is 2. The van der Waals surface area contributed by atoms with Gasteiger partial charge < -0.3 is 0 Å². The minimum absolute atomic E-state index is 0.588. The third kappa shape index (κ3) is 3.78. The molecule has 1 aliphatic rings. The molecule has 1 aliphatic carbocycles. The average Bonchev–Trinajstić information content (AvgIpc) is 2.35. The summed E-state index contributed by atoms with van der Waals surface area (Å²) in [6.45, 7) is 10.8. The topological polar surface area (TPSA) is 50.2 Å². The van der Waals surface area contributed by atoms with Gasteiger partial charge in [-0.1, -0.05) is 20.8 Å². The first-order valence-corrected chi connectivity index (χ1v) is 7.60. The van der Waals surface area contributed by atoms with E-state index in [1.54, 1.807) is 0 Å². The number of aryl methyl sites for hydroxylation is 2. The van der Waals surface area contributed by atoms with Crippen molar-refractivity contribution in [3.8, 4) is 0 Å². The SMILES string of the molecule is Cc1cc(C)nc(N/N=C2/C[C@@H](C)CC[C@@H]2C(C)C)n1. The van der Waals surface area contributed by atoms with Crippen molar-refractivity contribution in [2.24, 2.45) is 22.9 Å². The maximum Gasteiger partial charge on any atom is 0.243 e. The van der Waals surface area contributed by atoms with Gasteiger partial charge in [-0.15, -0.1) is 0 Å². The Kier molecular flexibility index (Phi) is 4.73. The van der Waals surface area contributed by atoms with Crippen molar-refractivity contribution in [3.63, 3.8) is 0 Å². The molecule has 2 rings (SSSR count). The van der Waals surface area contributed by atoms with Gasteiger partial charge in [-0.3, -0.25) is 0 Å². The maximum atomic E-state index is 4.63. The largest absolute Gasteiger partial charge is 0.245 e. The number of hydrazone groups is 1. The van der Waals surface area contributed by atoms with E-state index in [4.69, 9.17) is 0 Å². The summed E-state index contributed by atoms with van der Waals surface area (Å²) < 4.78 is 0. The van der Waals surface area contributed by atoms with Gasteiger partial charge in [0.15, 0.2) is 0 Å². The van der Waals surface area contributed by atoms with Crippen molar-refractivity contribution in [2.45, 2.75) is 53.9 Å². The first-order valence-electron chi connectivity index (χ1n) is 7.60. The Balaban J connectivity index is 2.14. The minimum atomic E-state index is 0.588. The molecule has 0 aliphatic heterocycles. The number of anilines is 1. The fraction of sp³-hybridized carbons (Fsp3) is 0.688. The van der Waals surface area contributed by atoms with Crippen LogP contribution in [0.2, 0.25) is 0 Å². The Labute approximate surface area is 122 Å². The smallest absolute Gasteiger partial charge is 0.243 e. The third-order valence-electron chi connectivity index (χ3n) is 4.04. The second kappa shape index (κ2) is 6.33. The maximum absolute atomic E-state index is 4.63. The van der Waals surface area contributed by atoms with Crippen molar-refractivity contribution < 1.29 is 0 Å². The van der Waals surface area contributed by atoms with E-state index < -0.39 is 0 Å². The third-order valence-corrected chi connectivity index (χ3v) is 4.04. The highest BCUT2D eigenvalue weighted by Gasteiger charge is 2.27. The van der Waals surface area contributed by atoms with Crippen molar-refractivity contribution in [1.29, 1.82) is 0 Å². The highest BCUT2D eigenvalue weighted by molar-refractivity contribution is 5.88. The zero-order valence-corrected chi connectivity index (χ0v) is 13.3. The highest BCUT2D eigenvalue weighted by atomic mass is 15.4. The van der Waals surface area contributed by atoms with Crippen molar-refractivity contribution in [1.82, 2.24) is 9.97 Å². The Hall–Kier alpha value is -1.45. The highest BCUT2D eigenvalue weighted by Crippen LogP contribution is 2.31. The fourth-order valence-electron chi connectivity index (χ4n) is 2.99. The molecular weight excluding hydrogens is 248 g/mol. The second-order valence-electron chi connectivity index (χ2n) is 6.43. The van der Waals surface area contributed by atoms with Gasteiger partial charge >= 0.3 is 0 Å².